The van der Waals surface area contributed by atoms with Gasteiger partial charge in [-0.25, -0.2) is 4.79 Å². The molecule has 1 heterocycles. The first kappa shape index (κ1) is 18.2. The van der Waals surface area contributed by atoms with Gasteiger partial charge in [-0.15, -0.1) is 5.10 Å². The molecule has 1 aromatic heterocycles. The van der Waals surface area contributed by atoms with Crippen molar-refractivity contribution >= 4 is 17.5 Å². The molecule has 130 valence electrons. The second kappa shape index (κ2) is 8.07. The van der Waals surface area contributed by atoms with Crippen LogP contribution in [-0.2, 0) is 17.9 Å². The third kappa shape index (κ3) is 4.42. The van der Waals surface area contributed by atoms with Crippen molar-refractivity contribution in [1.29, 1.82) is 0 Å². The fourth-order valence-electron chi connectivity index (χ4n) is 2.20. The molecule has 0 spiro atoms. The summed E-state index contributed by atoms with van der Waals surface area (Å²) in [5.41, 5.74) is 1.79. The molecule has 8 heteroatoms. The summed E-state index contributed by atoms with van der Waals surface area (Å²) in [6.07, 6.45) is -0.960. The summed E-state index contributed by atoms with van der Waals surface area (Å²) in [5.74, 6) is -0.0443. The second-order valence-corrected chi connectivity index (χ2v) is 6.34. The van der Waals surface area contributed by atoms with Crippen LogP contribution in [0.1, 0.15) is 23.1 Å². The summed E-state index contributed by atoms with van der Waals surface area (Å²) in [5, 5.41) is 13.1. The number of rotatable bonds is 8. The van der Waals surface area contributed by atoms with Gasteiger partial charge in [0.25, 0.3) is 0 Å². The zero-order valence-electron chi connectivity index (χ0n) is 14.1. The summed E-state index contributed by atoms with van der Waals surface area (Å²) < 4.78 is 14.9. The summed E-state index contributed by atoms with van der Waals surface area (Å²) in [7, 11) is 3.51. The summed E-state index contributed by atoms with van der Waals surface area (Å²) in [4.78, 5) is 14.3. The Balaban J connectivity index is 2.19. The molecule has 0 fully saturated rings. The van der Waals surface area contributed by atoms with E-state index in [4.69, 9.17) is 14.6 Å². The molecule has 0 amide bonds. The number of ether oxygens (including phenoxy) is 2. The predicted molar refractivity (Wildman–Crippen MR) is 90.5 cm³/mol. The van der Waals surface area contributed by atoms with Crippen LogP contribution in [0.15, 0.2) is 18.2 Å². The van der Waals surface area contributed by atoms with Crippen LogP contribution >= 0.6 is 11.5 Å². The van der Waals surface area contributed by atoms with Crippen LogP contribution in [-0.4, -0.2) is 45.8 Å². The number of para-hydroxylation sites is 1. The number of aliphatic carboxylic acids is 1. The highest BCUT2D eigenvalue weighted by Crippen LogP contribution is 2.33. The van der Waals surface area contributed by atoms with Gasteiger partial charge in [0.05, 0.1) is 17.7 Å². The Morgan fingerprint density at radius 1 is 1.42 bits per heavy atom. The van der Waals surface area contributed by atoms with E-state index < -0.39 is 12.1 Å². The molecular formula is C16H21N3O4S. The molecule has 0 aliphatic carbocycles. The lowest BCUT2D eigenvalue weighted by Gasteiger charge is -2.21. The number of hydrogen-bond acceptors (Lipinski definition) is 7. The van der Waals surface area contributed by atoms with Crippen molar-refractivity contribution in [2.24, 2.45) is 0 Å². The minimum atomic E-state index is -1.02. The van der Waals surface area contributed by atoms with E-state index in [-0.39, 0.29) is 0 Å². The molecule has 0 aliphatic rings. The predicted octanol–water partition coefficient (Wildman–Crippen LogP) is 2.34. The maximum absolute atomic E-state index is 11.1. The van der Waals surface area contributed by atoms with Gasteiger partial charge in [0, 0.05) is 18.7 Å². The van der Waals surface area contributed by atoms with E-state index in [1.54, 1.807) is 6.07 Å². The number of nitrogens with zero attached hydrogens (tertiary/aromatic N) is 3. The fraction of sp³-hybridized carbons (Fsp3) is 0.438. The van der Waals surface area contributed by atoms with Crippen molar-refractivity contribution < 1.29 is 19.4 Å². The summed E-state index contributed by atoms with van der Waals surface area (Å²) in [6, 6.07) is 5.52. The lowest BCUT2D eigenvalue weighted by Crippen LogP contribution is -2.24. The largest absolute Gasteiger partial charge is 0.493 e. The fourth-order valence-corrected chi connectivity index (χ4v) is 2.91. The van der Waals surface area contributed by atoms with E-state index in [9.17, 15) is 4.79 Å². The standard InChI is InChI=1S/C16H21N3O4S/c1-10-14(24-18-17-10)9-19(3)8-12-6-5-7-13(22-4)15(12)23-11(2)16(20)21/h5-7,11H,8-9H2,1-4H3,(H,20,21)/t11-/m1/s1. The highest BCUT2D eigenvalue weighted by atomic mass is 32.1. The molecule has 1 N–H and O–H groups in total. The molecule has 0 radical (unpaired) electrons. The first-order valence-electron chi connectivity index (χ1n) is 7.44. The molecule has 0 saturated heterocycles. The first-order valence-corrected chi connectivity index (χ1v) is 8.21. The van der Waals surface area contributed by atoms with Gasteiger partial charge in [0.1, 0.15) is 0 Å². The molecule has 2 rings (SSSR count). The zero-order chi connectivity index (χ0) is 17.7. The molecule has 7 nitrogen and oxygen atoms in total. The number of benzene rings is 1. The normalized spacial score (nSPS) is 12.2. The molecular weight excluding hydrogens is 330 g/mol. The van der Waals surface area contributed by atoms with Crippen molar-refractivity contribution in [1.82, 2.24) is 14.5 Å². The average Bonchev–Trinajstić information content (AvgIpc) is 2.93. The van der Waals surface area contributed by atoms with Crippen LogP contribution in [0.4, 0.5) is 0 Å². The first-order chi connectivity index (χ1) is 11.4. The number of aryl methyl sites for hydroxylation is 1. The van der Waals surface area contributed by atoms with Crippen LogP contribution in [0.25, 0.3) is 0 Å². The molecule has 0 aliphatic heterocycles. The molecule has 0 unspecified atom stereocenters. The quantitative estimate of drug-likeness (QED) is 0.781. The van der Waals surface area contributed by atoms with E-state index in [1.807, 2.05) is 26.1 Å². The zero-order valence-corrected chi connectivity index (χ0v) is 15.0. The Hall–Kier alpha value is -2.19. The molecule has 1 aromatic carbocycles. The topological polar surface area (TPSA) is 84.8 Å². The minimum absolute atomic E-state index is 0.459. The third-order valence-electron chi connectivity index (χ3n) is 3.52. The van der Waals surface area contributed by atoms with Crippen LogP contribution in [0, 0.1) is 6.92 Å². The SMILES string of the molecule is COc1cccc(CN(C)Cc2snnc2C)c1O[C@H](C)C(=O)O. The van der Waals surface area contributed by atoms with Gasteiger partial charge in [-0.1, -0.05) is 16.6 Å². The van der Waals surface area contributed by atoms with Crippen LogP contribution in [0.5, 0.6) is 11.5 Å². The van der Waals surface area contributed by atoms with E-state index in [0.717, 1.165) is 16.1 Å². The molecule has 24 heavy (non-hydrogen) atoms. The highest BCUT2D eigenvalue weighted by Gasteiger charge is 2.19. The Labute approximate surface area is 145 Å². The molecule has 2 aromatic rings. The van der Waals surface area contributed by atoms with Crippen molar-refractivity contribution in [3.05, 3.63) is 34.3 Å². The van der Waals surface area contributed by atoms with Crippen molar-refractivity contribution in [3.63, 3.8) is 0 Å². The Kier molecular flexibility index (Phi) is 6.10. The number of aromatic nitrogens is 2. The number of hydrogen-bond donors (Lipinski definition) is 1. The van der Waals surface area contributed by atoms with E-state index in [2.05, 4.69) is 14.5 Å². The molecule has 1 atom stereocenters. The van der Waals surface area contributed by atoms with Crippen LogP contribution < -0.4 is 9.47 Å². The highest BCUT2D eigenvalue weighted by molar-refractivity contribution is 7.05. The van der Waals surface area contributed by atoms with E-state index >= 15 is 0 Å². The summed E-state index contributed by atoms with van der Waals surface area (Å²) in [6.45, 7) is 4.71. The molecule has 0 saturated carbocycles. The van der Waals surface area contributed by atoms with E-state index in [0.29, 0.717) is 24.6 Å². The number of carbonyl (C=O) groups is 1. The number of carboxylic acids is 1. The van der Waals surface area contributed by atoms with Gasteiger partial charge in [-0.2, -0.15) is 0 Å². The van der Waals surface area contributed by atoms with Gasteiger partial charge >= 0.3 is 5.97 Å². The van der Waals surface area contributed by atoms with Gasteiger partial charge in [-0.05, 0) is 38.5 Å². The van der Waals surface area contributed by atoms with Gasteiger partial charge in [-0.3, -0.25) is 4.90 Å². The smallest absolute Gasteiger partial charge is 0.344 e. The van der Waals surface area contributed by atoms with E-state index in [1.165, 1.54) is 25.6 Å². The minimum Gasteiger partial charge on any atom is -0.493 e. The lowest BCUT2D eigenvalue weighted by molar-refractivity contribution is -0.144. The van der Waals surface area contributed by atoms with Crippen LogP contribution in [0.3, 0.4) is 0 Å². The van der Waals surface area contributed by atoms with Crippen LogP contribution in [0.2, 0.25) is 0 Å². The Morgan fingerprint density at radius 2 is 2.17 bits per heavy atom. The number of carboxylic acid groups (broad SMARTS) is 1. The van der Waals surface area contributed by atoms with Gasteiger partial charge in [0.2, 0.25) is 0 Å². The number of methoxy groups -OCH3 is 1. The molecule has 0 bridgehead atoms. The van der Waals surface area contributed by atoms with Crippen molar-refractivity contribution in [2.45, 2.75) is 33.0 Å². The average molecular weight is 351 g/mol. The second-order valence-electron chi connectivity index (χ2n) is 5.50. The third-order valence-corrected chi connectivity index (χ3v) is 4.33. The maximum atomic E-state index is 11.1. The maximum Gasteiger partial charge on any atom is 0.344 e. The monoisotopic (exact) mass is 351 g/mol. The van der Waals surface area contributed by atoms with Gasteiger partial charge in [0.15, 0.2) is 17.6 Å². The Morgan fingerprint density at radius 3 is 2.75 bits per heavy atom. The van der Waals surface area contributed by atoms with Crippen molar-refractivity contribution in [3.8, 4) is 11.5 Å². The van der Waals surface area contributed by atoms with Crippen molar-refractivity contribution in [2.75, 3.05) is 14.2 Å². The Bertz CT molecular complexity index is 704. The lowest BCUT2D eigenvalue weighted by atomic mass is 10.1. The van der Waals surface area contributed by atoms with Gasteiger partial charge < -0.3 is 14.6 Å². The summed E-state index contributed by atoms with van der Waals surface area (Å²) >= 11 is 1.38.